The Labute approximate surface area is 144 Å². The van der Waals surface area contributed by atoms with Crippen LogP contribution in [0.3, 0.4) is 0 Å². The first-order valence-electron chi connectivity index (χ1n) is 7.88. The van der Waals surface area contributed by atoms with Crippen molar-refractivity contribution >= 4 is 11.9 Å². The van der Waals surface area contributed by atoms with Crippen molar-refractivity contribution in [3.05, 3.63) is 47.4 Å². The number of hydrogen-bond acceptors (Lipinski definition) is 5. The van der Waals surface area contributed by atoms with Crippen LogP contribution in [0.5, 0.6) is 11.5 Å². The topological polar surface area (TPSA) is 89.2 Å². The van der Waals surface area contributed by atoms with E-state index in [1.165, 1.54) is 11.2 Å². The van der Waals surface area contributed by atoms with Crippen LogP contribution in [-0.4, -0.2) is 48.2 Å². The predicted molar refractivity (Wildman–Crippen MR) is 88.1 cm³/mol. The van der Waals surface area contributed by atoms with Crippen molar-refractivity contribution < 1.29 is 28.6 Å². The van der Waals surface area contributed by atoms with Crippen LogP contribution >= 0.6 is 0 Å². The van der Waals surface area contributed by atoms with E-state index in [4.69, 9.17) is 19.0 Å². The van der Waals surface area contributed by atoms with Gasteiger partial charge in [-0.3, -0.25) is 9.59 Å². The zero-order chi connectivity index (χ0) is 18.0. The number of aliphatic carboxylic acids is 1. The molecule has 0 radical (unpaired) electrons. The second kappa shape index (κ2) is 6.88. The molecule has 132 valence electrons. The van der Waals surface area contributed by atoms with Gasteiger partial charge in [-0.15, -0.1) is 0 Å². The average Bonchev–Trinajstić information content (AvgIpc) is 2.93. The zero-order valence-electron chi connectivity index (χ0n) is 14.0. The minimum atomic E-state index is -1.05. The lowest BCUT2D eigenvalue weighted by Crippen LogP contribution is -2.42. The SMILES string of the molecule is Cc1coc(CC(=O)O)c1C(=O)N(C)C[C@@H]1COc2ccccc2O1. The zero-order valence-corrected chi connectivity index (χ0v) is 14.0. The predicted octanol–water partition coefficient (Wildman–Crippen LogP) is 2.13. The summed E-state index contributed by atoms with van der Waals surface area (Å²) in [5.74, 6) is 0.137. The summed E-state index contributed by atoms with van der Waals surface area (Å²) in [5, 5.41) is 8.95. The number of hydrogen-bond donors (Lipinski definition) is 1. The number of rotatable bonds is 5. The van der Waals surface area contributed by atoms with Gasteiger partial charge in [0.25, 0.3) is 5.91 Å². The first-order chi connectivity index (χ1) is 12.0. The number of nitrogens with zero attached hydrogens (tertiary/aromatic N) is 1. The fourth-order valence-corrected chi connectivity index (χ4v) is 2.78. The van der Waals surface area contributed by atoms with Crippen LogP contribution in [0.15, 0.2) is 34.9 Å². The fraction of sp³-hybridized carbons (Fsp3) is 0.333. The molecule has 1 aromatic carbocycles. The van der Waals surface area contributed by atoms with Crippen molar-refractivity contribution in [1.29, 1.82) is 0 Å². The van der Waals surface area contributed by atoms with E-state index in [-0.39, 0.29) is 24.2 Å². The van der Waals surface area contributed by atoms with E-state index < -0.39 is 5.97 Å². The van der Waals surface area contributed by atoms with Gasteiger partial charge in [-0.25, -0.2) is 0 Å². The summed E-state index contributed by atoms with van der Waals surface area (Å²) in [6, 6.07) is 7.36. The van der Waals surface area contributed by atoms with Crippen LogP contribution in [0.4, 0.5) is 0 Å². The van der Waals surface area contributed by atoms with Crippen LogP contribution in [-0.2, 0) is 11.2 Å². The average molecular weight is 345 g/mol. The van der Waals surface area contributed by atoms with E-state index in [9.17, 15) is 9.59 Å². The van der Waals surface area contributed by atoms with Gasteiger partial charge in [0.05, 0.1) is 18.4 Å². The normalized spacial score (nSPS) is 15.7. The molecule has 1 atom stereocenters. The minimum Gasteiger partial charge on any atom is -0.486 e. The number of furan rings is 1. The van der Waals surface area contributed by atoms with Crippen molar-refractivity contribution in [2.75, 3.05) is 20.2 Å². The van der Waals surface area contributed by atoms with Gasteiger partial charge in [-0.1, -0.05) is 12.1 Å². The van der Waals surface area contributed by atoms with E-state index in [0.717, 1.165) is 0 Å². The molecule has 3 rings (SSSR count). The van der Waals surface area contributed by atoms with E-state index in [0.29, 0.717) is 35.8 Å². The number of likely N-dealkylation sites (N-methyl/N-ethyl adjacent to an activating group) is 1. The van der Waals surface area contributed by atoms with Gasteiger partial charge >= 0.3 is 5.97 Å². The number of amides is 1. The van der Waals surface area contributed by atoms with Crippen LogP contribution in [0.25, 0.3) is 0 Å². The van der Waals surface area contributed by atoms with Crippen molar-refractivity contribution in [2.24, 2.45) is 0 Å². The quantitative estimate of drug-likeness (QED) is 0.893. The highest BCUT2D eigenvalue weighted by atomic mass is 16.6. The molecule has 25 heavy (non-hydrogen) atoms. The molecule has 0 aliphatic carbocycles. The number of fused-ring (bicyclic) bond motifs is 1. The maximum atomic E-state index is 12.7. The highest BCUT2D eigenvalue weighted by Crippen LogP contribution is 2.31. The summed E-state index contributed by atoms with van der Waals surface area (Å²) >= 11 is 0. The molecule has 7 nitrogen and oxygen atoms in total. The molecule has 0 unspecified atom stereocenters. The van der Waals surface area contributed by atoms with E-state index in [2.05, 4.69) is 0 Å². The van der Waals surface area contributed by atoms with Gasteiger partial charge in [0.2, 0.25) is 0 Å². The molecular weight excluding hydrogens is 326 g/mol. The molecule has 2 heterocycles. The number of ether oxygens (including phenoxy) is 2. The lowest BCUT2D eigenvalue weighted by molar-refractivity contribution is -0.136. The highest BCUT2D eigenvalue weighted by molar-refractivity contribution is 5.97. The van der Waals surface area contributed by atoms with E-state index in [1.807, 2.05) is 24.3 Å². The first-order valence-corrected chi connectivity index (χ1v) is 7.88. The van der Waals surface area contributed by atoms with Gasteiger partial charge < -0.3 is 23.9 Å². The first kappa shape index (κ1) is 16.9. The van der Waals surface area contributed by atoms with Crippen molar-refractivity contribution in [2.45, 2.75) is 19.4 Å². The number of benzene rings is 1. The molecule has 0 saturated heterocycles. The largest absolute Gasteiger partial charge is 0.486 e. The van der Waals surface area contributed by atoms with E-state index in [1.54, 1.807) is 14.0 Å². The lowest BCUT2D eigenvalue weighted by Gasteiger charge is -2.29. The summed E-state index contributed by atoms with van der Waals surface area (Å²) in [4.78, 5) is 25.2. The summed E-state index contributed by atoms with van der Waals surface area (Å²) in [5.41, 5.74) is 0.904. The minimum absolute atomic E-state index is 0.160. The molecular formula is C18H19NO6. The highest BCUT2D eigenvalue weighted by Gasteiger charge is 2.27. The molecule has 1 N–H and O–H groups in total. The van der Waals surface area contributed by atoms with Gasteiger partial charge in [0.1, 0.15) is 18.8 Å². The summed E-state index contributed by atoms with van der Waals surface area (Å²) in [6.07, 6.45) is 0.758. The third kappa shape index (κ3) is 3.60. The molecule has 2 aromatic rings. The standard InChI is InChI=1S/C18H19NO6/c1-11-9-23-15(7-16(20)21)17(11)18(22)19(2)8-12-10-24-13-5-3-4-6-14(13)25-12/h3-6,9,12H,7-8,10H2,1-2H3,(H,20,21)/t12-/m1/s1. The summed E-state index contributed by atoms with van der Waals surface area (Å²) in [7, 11) is 1.64. The van der Waals surface area contributed by atoms with Crippen molar-refractivity contribution in [3.8, 4) is 11.5 Å². The van der Waals surface area contributed by atoms with Gasteiger partial charge in [0, 0.05) is 12.6 Å². The molecule has 1 amide bonds. The molecule has 0 spiro atoms. The number of carbonyl (C=O) groups is 2. The smallest absolute Gasteiger partial charge is 0.311 e. The Bertz CT molecular complexity index is 797. The van der Waals surface area contributed by atoms with Crippen LogP contribution in [0, 0.1) is 6.92 Å². The molecule has 7 heteroatoms. The Hall–Kier alpha value is -2.96. The molecule has 1 aliphatic rings. The Morgan fingerprint density at radius 1 is 1.28 bits per heavy atom. The monoisotopic (exact) mass is 345 g/mol. The van der Waals surface area contributed by atoms with Crippen LogP contribution in [0.1, 0.15) is 21.7 Å². The molecule has 1 aliphatic heterocycles. The third-order valence-electron chi connectivity index (χ3n) is 3.97. The maximum Gasteiger partial charge on any atom is 0.311 e. The second-order valence-electron chi connectivity index (χ2n) is 5.97. The van der Waals surface area contributed by atoms with Gasteiger partial charge in [-0.2, -0.15) is 0 Å². The Morgan fingerprint density at radius 2 is 2.00 bits per heavy atom. The number of carboxylic acid groups (broad SMARTS) is 1. The number of carboxylic acids is 1. The lowest BCUT2D eigenvalue weighted by atomic mass is 10.1. The van der Waals surface area contributed by atoms with E-state index >= 15 is 0 Å². The van der Waals surface area contributed by atoms with Crippen LogP contribution in [0.2, 0.25) is 0 Å². The van der Waals surface area contributed by atoms with Gasteiger partial charge in [0.15, 0.2) is 17.6 Å². The maximum absolute atomic E-state index is 12.7. The van der Waals surface area contributed by atoms with Crippen LogP contribution < -0.4 is 9.47 Å². The number of carbonyl (C=O) groups excluding carboxylic acids is 1. The Morgan fingerprint density at radius 3 is 2.72 bits per heavy atom. The fourth-order valence-electron chi connectivity index (χ4n) is 2.78. The Balaban J connectivity index is 1.70. The third-order valence-corrected chi connectivity index (χ3v) is 3.97. The number of para-hydroxylation sites is 2. The Kier molecular flexibility index (Phi) is 4.65. The summed E-state index contributed by atoms with van der Waals surface area (Å²) in [6.45, 7) is 2.36. The molecule has 0 bridgehead atoms. The molecule has 1 aromatic heterocycles. The van der Waals surface area contributed by atoms with Crippen molar-refractivity contribution in [1.82, 2.24) is 4.90 Å². The number of aryl methyl sites for hydroxylation is 1. The van der Waals surface area contributed by atoms with Gasteiger partial charge in [-0.05, 0) is 19.1 Å². The summed E-state index contributed by atoms with van der Waals surface area (Å²) < 4.78 is 16.7. The second-order valence-corrected chi connectivity index (χ2v) is 5.97. The molecule has 0 saturated carbocycles. The van der Waals surface area contributed by atoms with Crippen molar-refractivity contribution in [3.63, 3.8) is 0 Å². The molecule has 0 fully saturated rings.